The molecule has 1 aliphatic rings. The minimum atomic E-state index is -0.0469. The molecule has 1 aliphatic carbocycles. The molecule has 0 aromatic heterocycles. The third kappa shape index (κ3) is 1.54. The van der Waals surface area contributed by atoms with Crippen LogP contribution >= 0.6 is 15.9 Å². The monoisotopic (exact) mass is 272 g/mol. The highest BCUT2D eigenvalue weighted by Gasteiger charge is 2.26. The fourth-order valence-electron chi connectivity index (χ4n) is 1.74. The van der Waals surface area contributed by atoms with Crippen LogP contribution in [0.15, 0.2) is 28.2 Å². The van der Waals surface area contributed by atoms with Crippen molar-refractivity contribution >= 4 is 27.3 Å². The number of carbonyl (C=O) groups excluding carboxylic acids is 1. The lowest BCUT2D eigenvalue weighted by atomic mass is 10.0. The molecule has 1 aromatic rings. The first-order chi connectivity index (χ1) is 7.67. The number of rotatable bonds is 0. The minimum Gasteiger partial charge on any atom is -0.294 e. The fraction of sp³-hybridized carbons (Fsp3) is 0.0833. The van der Waals surface area contributed by atoms with Crippen molar-refractivity contribution in [3.63, 3.8) is 0 Å². The molecule has 0 spiro atoms. The number of benzene rings is 1. The summed E-state index contributed by atoms with van der Waals surface area (Å²) in [6.07, 6.45) is 0.141. The quantitative estimate of drug-likeness (QED) is 0.682. The van der Waals surface area contributed by atoms with Crippen LogP contribution < -0.4 is 0 Å². The number of carbonyl (C=O) groups is 1. The zero-order valence-electron chi connectivity index (χ0n) is 8.12. The van der Waals surface area contributed by atoms with Gasteiger partial charge < -0.3 is 0 Å². The number of Topliss-reactive ketones (excluding diaryl/α,β-unsaturated/α-hetero) is 1. The van der Waals surface area contributed by atoms with E-state index in [0.717, 1.165) is 4.47 Å². The molecule has 0 aliphatic heterocycles. The van der Waals surface area contributed by atoms with Crippen molar-refractivity contribution in [2.75, 3.05) is 0 Å². The first-order valence-corrected chi connectivity index (χ1v) is 5.33. The average molecular weight is 273 g/mol. The Balaban J connectivity index is 2.72. The number of halogens is 1. The largest absolute Gasteiger partial charge is 0.294 e. The number of nitrogens with zero attached hydrogens (tertiary/aromatic N) is 2. The van der Waals surface area contributed by atoms with Crippen molar-refractivity contribution in [3.8, 4) is 12.1 Å². The summed E-state index contributed by atoms with van der Waals surface area (Å²) in [6, 6.07) is 8.92. The summed E-state index contributed by atoms with van der Waals surface area (Å²) >= 11 is 3.29. The molecule has 0 atom stereocenters. The van der Waals surface area contributed by atoms with Crippen LogP contribution in [0.1, 0.15) is 22.3 Å². The molecule has 16 heavy (non-hydrogen) atoms. The molecule has 0 amide bonds. The van der Waals surface area contributed by atoms with E-state index in [9.17, 15) is 4.79 Å². The van der Waals surface area contributed by atoms with Crippen molar-refractivity contribution in [1.82, 2.24) is 0 Å². The van der Waals surface area contributed by atoms with Crippen LogP contribution in [-0.4, -0.2) is 5.78 Å². The lowest BCUT2D eigenvalue weighted by Crippen LogP contribution is -1.89. The predicted molar refractivity (Wildman–Crippen MR) is 61.2 cm³/mol. The van der Waals surface area contributed by atoms with Gasteiger partial charge in [-0.15, -0.1) is 0 Å². The topological polar surface area (TPSA) is 64.7 Å². The zero-order chi connectivity index (χ0) is 11.7. The highest BCUT2D eigenvalue weighted by molar-refractivity contribution is 9.10. The molecule has 0 radical (unpaired) electrons. The summed E-state index contributed by atoms with van der Waals surface area (Å²) in [4.78, 5) is 11.7. The molecule has 0 fully saturated rings. The van der Waals surface area contributed by atoms with Gasteiger partial charge in [-0.25, -0.2) is 0 Å². The Labute approximate surface area is 101 Å². The lowest BCUT2D eigenvalue weighted by molar-refractivity contribution is 0.100. The first kappa shape index (κ1) is 10.6. The Morgan fingerprint density at radius 1 is 1.25 bits per heavy atom. The fourth-order valence-corrected chi connectivity index (χ4v) is 2.11. The molecule has 0 N–H and O–H groups in total. The van der Waals surface area contributed by atoms with E-state index in [1.807, 2.05) is 12.1 Å². The summed E-state index contributed by atoms with van der Waals surface area (Å²) in [5.41, 5.74) is 1.84. The van der Waals surface area contributed by atoms with Crippen molar-refractivity contribution < 1.29 is 4.79 Å². The maximum absolute atomic E-state index is 11.7. The summed E-state index contributed by atoms with van der Waals surface area (Å²) < 4.78 is 0.816. The molecule has 0 unspecified atom stereocenters. The zero-order valence-corrected chi connectivity index (χ0v) is 9.71. The van der Waals surface area contributed by atoms with E-state index in [1.165, 1.54) is 0 Å². The predicted octanol–water partition coefficient (Wildman–Crippen LogP) is 2.84. The number of ketones is 1. The maximum Gasteiger partial charge on any atom is 0.167 e. The molecule has 3 nitrogen and oxygen atoms in total. The van der Waals surface area contributed by atoms with E-state index >= 15 is 0 Å². The highest BCUT2D eigenvalue weighted by Crippen LogP contribution is 2.35. The number of hydrogen-bond donors (Lipinski definition) is 0. The van der Waals surface area contributed by atoms with E-state index in [2.05, 4.69) is 15.9 Å². The van der Waals surface area contributed by atoms with Crippen LogP contribution in [0.3, 0.4) is 0 Å². The van der Waals surface area contributed by atoms with Gasteiger partial charge in [0.25, 0.3) is 0 Å². The first-order valence-electron chi connectivity index (χ1n) is 4.54. The van der Waals surface area contributed by atoms with Crippen LogP contribution in [0.2, 0.25) is 0 Å². The van der Waals surface area contributed by atoms with Crippen molar-refractivity contribution in [2.45, 2.75) is 6.42 Å². The van der Waals surface area contributed by atoms with Gasteiger partial charge in [-0.3, -0.25) is 4.79 Å². The second kappa shape index (κ2) is 3.92. The molecular formula is C12H5BrN2O. The third-order valence-electron chi connectivity index (χ3n) is 2.47. The maximum atomic E-state index is 11.7. The Morgan fingerprint density at radius 2 is 1.94 bits per heavy atom. The molecular weight excluding hydrogens is 268 g/mol. The number of allylic oxidation sites excluding steroid dienone is 2. The van der Waals surface area contributed by atoms with E-state index in [0.29, 0.717) is 16.7 Å². The van der Waals surface area contributed by atoms with Gasteiger partial charge in [0.2, 0.25) is 0 Å². The van der Waals surface area contributed by atoms with Gasteiger partial charge >= 0.3 is 0 Å². The number of fused-ring (bicyclic) bond motifs is 1. The van der Waals surface area contributed by atoms with E-state index < -0.39 is 0 Å². The Bertz CT molecular complexity index is 586. The standard InChI is InChI=1S/C12H5BrN2O/c13-8-1-2-9-10(7(5-14)6-15)4-12(16)11(9)3-8/h1-3H,4H2. The van der Waals surface area contributed by atoms with Gasteiger partial charge in [0.05, 0.1) is 0 Å². The molecule has 0 bridgehead atoms. The molecule has 0 saturated heterocycles. The smallest absolute Gasteiger partial charge is 0.167 e. The van der Waals surface area contributed by atoms with Gasteiger partial charge in [0.15, 0.2) is 5.78 Å². The molecule has 2 rings (SSSR count). The second-order valence-corrected chi connectivity index (χ2v) is 4.28. The number of hydrogen-bond acceptors (Lipinski definition) is 3. The van der Waals surface area contributed by atoms with Crippen LogP contribution in [-0.2, 0) is 0 Å². The van der Waals surface area contributed by atoms with Gasteiger partial charge in [-0.05, 0) is 23.3 Å². The molecule has 0 heterocycles. The normalized spacial score (nSPS) is 12.9. The van der Waals surface area contributed by atoms with Crippen LogP contribution in [0.25, 0.3) is 5.57 Å². The molecule has 1 aromatic carbocycles. The summed E-state index contributed by atoms with van der Waals surface area (Å²) in [7, 11) is 0. The van der Waals surface area contributed by atoms with Crippen LogP contribution in [0.5, 0.6) is 0 Å². The van der Waals surface area contributed by atoms with E-state index in [1.54, 1.807) is 18.2 Å². The van der Waals surface area contributed by atoms with Crippen molar-refractivity contribution in [3.05, 3.63) is 39.4 Å². The van der Waals surface area contributed by atoms with Crippen molar-refractivity contribution in [2.24, 2.45) is 0 Å². The molecule has 4 heteroatoms. The number of nitriles is 2. The van der Waals surface area contributed by atoms with Gasteiger partial charge in [-0.1, -0.05) is 22.0 Å². The molecule has 0 saturated carbocycles. The van der Waals surface area contributed by atoms with Gasteiger partial charge in [0, 0.05) is 16.5 Å². The summed E-state index contributed by atoms with van der Waals surface area (Å²) in [6.45, 7) is 0. The molecule has 76 valence electrons. The highest BCUT2D eigenvalue weighted by atomic mass is 79.9. The van der Waals surface area contributed by atoms with Crippen molar-refractivity contribution in [1.29, 1.82) is 10.5 Å². The Hall–Kier alpha value is -1.91. The Morgan fingerprint density at radius 3 is 2.56 bits per heavy atom. The summed E-state index contributed by atoms with van der Waals surface area (Å²) in [5, 5.41) is 17.6. The van der Waals surface area contributed by atoms with Gasteiger partial charge in [0.1, 0.15) is 17.7 Å². The Kier molecular flexibility index (Phi) is 2.60. The minimum absolute atomic E-state index is 0.0226. The average Bonchev–Trinajstić information content (AvgIpc) is 2.58. The van der Waals surface area contributed by atoms with Gasteiger partial charge in [-0.2, -0.15) is 10.5 Å². The summed E-state index contributed by atoms with van der Waals surface area (Å²) in [5.74, 6) is -0.0469. The SMILES string of the molecule is N#CC(C#N)=C1CC(=O)c2cc(Br)ccc21. The van der Waals surface area contributed by atoms with E-state index in [4.69, 9.17) is 10.5 Å². The van der Waals surface area contributed by atoms with Crippen LogP contribution in [0, 0.1) is 22.7 Å². The second-order valence-electron chi connectivity index (χ2n) is 3.37. The van der Waals surface area contributed by atoms with Crippen LogP contribution in [0.4, 0.5) is 0 Å². The van der Waals surface area contributed by atoms with E-state index in [-0.39, 0.29) is 17.8 Å². The third-order valence-corrected chi connectivity index (χ3v) is 2.96. The lowest BCUT2D eigenvalue weighted by Gasteiger charge is -1.99.